The van der Waals surface area contributed by atoms with Crippen LogP contribution in [0.3, 0.4) is 0 Å². The van der Waals surface area contributed by atoms with E-state index in [0.717, 1.165) is 29.5 Å². The zero-order valence-corrected chi connectivity index (χ0v) is 33.8. The zero-order chi connectivity index (χ0) is 39.4. The Labute approximate surface area is 325 Å². The third-order valence-corrected chi connectivity index (χ3v) is 12.3. The third kappa shape index (κ3) is 9.43. The van der Waals surface area contributed by atoms with Crippen LogP contribution in [0, 0.1) is 17.5 Å². The minimum atomic E-state index is -4.31. The van der Waals surface area contributed by atoms with Crippen molar-refractivity contribution in [1.29, 1.82) is 0 Å². The van der Waals surface area contributed by atoms with Gasteiger partial charge in [-0.15, -0.1) is 0 Å². The molecular formula is C40H45ClF3N4O4S2+. The summed E-state index contributed by atoms with van der Waals surface area (Å²) in [5.74, 6) is -1.50. The van der Waals surface area contributed by atoms with E-state index in [9.17, 15) is 12.8 Å². The molecule has 0 amide bonds. The van der Waals surface area contributed by atoms with Gasteiger partial charge in [0.2, 0.25) is 10.0 Å². The van der Waals surface area contributed by atoms with Crippen molar-refractivity contribution in [3.05, 3.63) is 130 Å². The summed E-state index contributed by atoms with van der Waals surface area (Å²) in [6.07, 6.45) is 2.20. The molecule has 1 heterocycles. The molecule has 54 heavy (non-hydrogen) atoms. The molecule has 0 unspecified atom stereocenters. The number of rotatable bonds is 16. The van der Waals surface area contributed by atoms with Crippen molar-refractivity contribution >= 4 is 33.4 Å². The number of methoxy groups -OCH3 is 2. The highest BCUT2D eigenvalue weighted by molar-refractivity contribution is 7.98. The molecule has 5 rings (SSSR count). The van der Waals surface area contributed by atoms with Gasteiger partial charge in [-0.25, -0.2) is 26.6 Å². The molecule has 5 aromatic rings. The van der Waals surface area contributed by atoms with Crippen molar-refractivity contribution in [2.45, 2.75) is 48.0 Å². The van der Waals surface area contributed by atoms with Gasteiger partial charge in [0, 0.05) is 41.9 Å². The number of quaternary nitrogens is 1. The largest absolute Gasteiger partial charge is 0.497 e. The Morgan fingerprint density at radius 2 is 1.56 bits per heavy atom. The van der Waals surface area contributed by atoms with E-state index in [1.54, 1.807) is 55.8 Å². The van der Waals surface area contributed by atoms with Gasteiger partial charge in [-0.05, 0) is 71.8 Å². The molecule has 0 saturated carbocycles. The van der Waals surface area contributed by atoms with Crippen LogP contribution in [0.1, 0.15) is 42.7 Å². The number of imidazole rings is 1. The fraction of sp³-hybridized carbons (Fsp3) is 0.325. The van der Waals surface area contributed by atoms with E-state index in [0.29, 0.717) is 56.1 Å². The lowest BCUT2D eigenvalue weighted by Gasteiger charge is -2.28. The third-order valence-electron chi connectivity index (χ3n) is 9.18. The summed E-state index contributed by atoms with van der Waals surface area (Å²) < 4.78 is 88.2. The molecule has 14 heteroatoms. The van der Waals surface area contributed by atoms with Crippen molar-refractivity contribution in [2.75, 3.05) is 48.5 Å². The molecule has 4 aromatic carbocycles. The topological polar surface area (TPSA) is 73.7 Å². The van der Waals surface area contributed by atoms with Crippen molar-refractivity contribution < 1.29 is 35.5 Å². The summed E-state index contributed by atoms with van der Waals surface area (Å²) in [6.45, 7) is 4.82. The standard InChI is InChI=1S/C40H45ClF3N4O4S2/c1-40(2,28-11-18-34(41)37(21-28)52-7)38-24-45-39(47(38)30-14-12-29(42)13-15-30)53-26-33-35(43)22-32(23-36(33)44)54(49,50)46(19-8-20-48(3,4)5)25-27-9-16-31(51-6)17-10-27/h9-18,21-24H,8,19-20,25-26H2,1-7H3/q+1. The van der Waals surface area contributed by atoms with Gasteiger partial charge >= 0.3 is 0 Å². The number of ether oxygens (including phenoxy) is 2. The molecule has 0 N–H and O–H groups in total. The predicted octanol–water partition coefficient (Wildman–Crippen LogP) is 8.87. The van der Waals surface area contributed by atoms with Crippen LogP contribution in [0.2, 0.25) is 5.02 Å². The number of thioether (sulfide) groups is 1. The van der Waals surface area contributed by atoms with Crippen LogP contribution < -0.4 is 9.47 Å². The lowest BCUT2D eigenvalue weighted by atomic mass is 9.81. The molecule has 0 aliphatic carbocycles. The Morgan fingerprint density at radius 1 is 0.907 bits per heavy atom. The monoisotopic (exact) mass is 801 g/mol. The fourth-order valence-corrected chi connectivity index (χ4v) is 8.70. The van der Waals surface area contributed by atoms with Gasteiger partial charge in [-0.3, -0.25) is 4.57 Å². The number of halogens is 4. The van der Waals surface area contributed by atoms with Crippen molar-refractivity contribution in [3.8, 4) is 17.2 Å². The van der Waals surface area contributed by atoms with Crippen molar-refractivity contribution in [1.82, 2.24) is 13.9 Å². The van der Waals surface area contributed by atoms with Gasteiger partial charge in [-0.1, -0.05) is 55.4 Å². The quantitative estimate of drug-likeness (QED) is 0.0734. The first-order chi connectivity index (χ1) is 25.4. The smallest absolute Gasteiger partial charge is 0.243 e. The Morgan fingerprint density at radius 3 is 2.15 bits per heavy atom. The van der Waals surface area contributed by atoms with E-state index in [-0.39, 0.29) is 24.4 Å². The van der Waals surface area contributed by atoms with Gasteiger partial charge in [0.05, 0.1) is 63.7 Å². The van der Waals surface area contributed by atoms with Crippen LogP contribution in [0.15, 0.2) is 95.1 Å². The van der Waals surface area contributed by atoms with Gasteiger partial charge in [0.1, 0.15) is 29.0 Å². The van der Waals surface area contributed by atoms with Gasteiger partial charge in [-0.2, -0.15) is 4.31 Å². The molecule has 0 spiro atoms. The van der Waals surface area contributed by atoms with Crippen LogP contribution in [0.5, 0.6) is 11.5 Å². The first-order valence-corrected chi connectivity index (χ1v) is 20.0. The van der Waals surface area contributed by atoms with Crippen molar-refractivity contribution in [3.63, 3.8) is 0 Å². The molecule has 0 aliphatic rings. The summed E-state index contributed by atoms with van der Waals surface area (Å²) in [5.41, 5.74) is 1.87. The summed E-state index contributed by atoms with van der Waals surface area (Å²) >= 11 is 7.38. The molecule has 8 nitrogen and oxygen atoms in total. The second kappa shape index (κ2) is 16.8. The number of hydrogen-bond acceptors (Lipinski definition) is 6. The molecule has 288 valence electrons. The zero-order valence-electron chi connectivity index (χ0n) is 31.4. The Hall–Kier alpha value is -4.01. The highest BCUT2D eigenvalue weighted by atomic mass is 35.5. The molecule has 0 saturated heterocycles. The van der Waals surface area contributed by atoms with Crippen molar-refractivity contribution in [2.24, 2.45) is 0 Å². The maximum Gasteiger partial charge on any atom is 0.243 e. The maximum absolute atomic E-state index is 15.9. The number of aromatic nitrogens is 2. The predicted molar refractivity (Wildman–Crippen MR) is 208 cm³/mol. The van der Waals surface area contributed by atoms with E-state index >= 15 is 8.78 Å². The van der Waals surface area contributed by atoms with Crippen LogP contribution in [-0.2, 0) is 27.7 Å². The van der Waals surface area contributed by atoms with Crippen LogP contribution in [0.25, 0.3) is 5.69 Å². The van der Waals surface area contributed by atoms with Crippen LogP contribution in [0.4, 0.5) is 13.2 Å². The van der Waals surface area contributed by atoms with E-state index in [1.165, 1.54) is 23.5 Å². The highest BCUT2D eigenvalue weighted by Crippen LogP contribution is 2.39. The summed E-state index contributed by atoms with van der Waals surface area (Å²) in [7, 11) is 4.79. The number of benzene rings is 4. The molecule has 0 fully saturated rings. The van der Waals surface area contributed by atoms with E-state index in [2.05, 4.69) is 4.98 Å². The van der Waals surface area contributed by atoms with E-state index < -0.39 is 37.8 Å². The molecule has 1 aromatic heterocycles. The maximum atomic E-state index is 15.9. The normalized spacial score (nSPS) is 12.4. The molecule has 0 radical (unpaired) electrons. The molecular weight excluding hydrogens is 757 g/mol. The first-order valence-electron chi connectivity index (χ1n) is 17.2. The second-order valence-electron chi connectivity index (χ2n) is 14.4. The summed E-state index contributed by atoms with van der Waals surface area (Å²) in [6, 6.07) is 20.0. The minimum absolute atomic E-state index is 0.0117. The van der Waals surface area contributed by atoms with Crippen LogP contribution >= 0.6 is 23.4 Å². The Balaban J connectivity index is 1.46. The average Bonchev–Trinajstić information content (AvgIpc) is 3.55. The van der Waals surface area contributed by atoms with Crippen LogP contribution in [-0.4, -0.2) is 75.2 Å². The number of sulfonamides is 1. The molecule has 0 bridgehead atoms. The first kappa shape index (κ1) is 41.2. The second-order valence-corrected chi connectivity index (χ2v) is 17.7. The minimum Gasteiger partial charge on any atom is -0.497 e. The lowest BCUT2D eigenvalue weighted by molar-refractivity contribution is -0.870. The molecule has 0 atom stereocenters. The Bertz CT molecular complexity index is 2170. The number of hydrogen-bond donors (Lipinski definition) is 0. The molecule has 0 aliphatic heterocycles. The average molecular weight is 802 g/mol. The van der Waals surface area contributed by atoms with E-state index in [4.69, 9.17) is 21.1 Å². The fourth-order valence-electron chi connectivity index (χ4n) is 6.01. The summed E-state index contributed by atoms with van der Waals surface area (Å²) in [5, 5.41) is 0.844. The summed E-state index contributed by atoms with van der Waals surface area (Å²) in [4.78, 5) is 4.16. The SMILES string of the molecule is COc1ccc(CN(CCC[N+](C)(C)C)S(=O)(=O)c2cc(F)c(CSc3ncc(C(C)(C)c4ccc(Cl)c(OC)c4)n3-c3ccc(F)cc3)c(F)c2)cc1. The van der Waals surface area contributed by atoms with Gasteiger partial charge in [0.15, 0.2) is 5.16 Å². The Kier molecular flexibility index (Phi) is 12.8. The highest BCUT2D eigenvalue weighted by Gasteiger charge is 2.32. The van der Waals surface area contributed by atoms with Gasteiger partial charge in [0.25, 0.3) is 0 Å². The lowest BCUT2D eigenvalue weighted by Crippen LogP contribution is -2.38. The van der Waals surface area contributed by atoms with E-state index in [1.807, 2.05) is 51.7 Å². The number of nitrogens with zero attached hydrogens (tertiary/aromatic N) is 4. The van der Waals surface area contributed by atoms with Gasteiger partial charge < -0.3 is 14.0 Å².